The highest BCUT2D eigenvalue weighted by Crippen LogP contribution is 2.40. The van der Waals surface area contributed by atoms with Crippen LogP contribution in [0.2, 0.25) is 0 Å². The summed E-state index contributed by atoms with van der Waals surface area (Å²) in [7, 11) is 0. The number of hydrogen-bond acceptors (Lipinski definition) is 6. The summed E-state index contributed by atoms with van der Waals surface area (Å²) < 4.78 is 0.0335. The van der Waals surface area contributed by atoms with Crippen LogP contribution in [0.1, 0.15) is 42.9 Å². The second-order valence-electron chi connectivity index (χ2n) is 10.8. The van der Waals surface area contributed by atoms with Crippen LogP contribution in [-0.4, -0.2) is 63.1 Å². The molecule has 10 heteroatoms. The van der Waals surface area contributed by atoms with Gasteiger partial charge >= 0.3 is 17.9 Å². The largest absolute Gasteiger partial charge is 0.872 e. The zero-order chi connectivity index (χ0) is 33.0. The second kappa shape index (κ2) is 15.4. The highest BCUT2D eigenvalue weighted by molar-refractivity contribution is 5.70. The van der Waals surface area contributed by atoms with Gasteiger partial charge in [-0.15, -0.1) is 5.75 Å². The van der Waals surface area contributed by atoms with E-state index in [-0.39, 0.29) is 60.6 Å². The molecule has 0 bridgehead atoms. The fourth-order valence-corrected chi connectivity index (χ4v) is 5.27. The van der Waals surface area contributed by atoms with Gasteiger partial charge in [-0.3, -0.25) is 18.9 Å². The van der Waals surface area contributed by atoms with Crippen LogP contribution in [0.15, 0.2) is 103 Å². The average molecular weight is 616 g/mol. The number of benzene rings is 4. The van der Waals surface area contributed by atoms with Gasteiger partial charge in [0.2, 0.25) is 0 Å². The van der Waals surface area contributed by atoms with E-state index in [0.717, 1.165) is 22.4 Å². The van der Waals surface area contributed by atoms with Crippen LogP contribution in [0.5, 0.6) is 17.2 Å². The van der Waals surface area contributed by atoms with Gasteiger partial charge in [0.25, 0.3) is 0 Å². The number of quaternary nitrogens is 1. The topological polar surface area (TPSA) is 175 Å². The van der Waals surface area contributed by atoms with E-state index in [1.165, 1.54) is 0 Å². The van der Waals surface area contributed by atoms with Gasteiger partial charge < -0.3 is 30.6 Å². The molecule has 0 spiro atoms. The molecule has 4 aromatic carbocycles. The zero-order valence-electron chi connectivity index (χ0n) is 24.9. The van der Waals surface area contributed by atoms with Gasteiger partial charge in [-0.05, 0) is 60.0 Å². The fraction of sp³-hybridized carbons (Fsp3) is 0.229. The van der Waals surface area contributed by atoms with Crippen molar-refractivity contribution in [2.24, 2.45) is 0 Å². The number of rotatable bonds is 13. The minimum Gasteiger partial charge on any atom is -0.872 e. The summed E-state index contributed by atoms with van der Waals surface area (Å²) >= 11 is 0. The van der Waals surface area contributed by atoms with Gasteiger partial charge in [-0.1, -0.05) is 66.7 Å². The van der Waals surface area contributed by atoms with E-state index in [1.54, 1.807) is 66.7 Å². The summed E-state index contributed by atoms with van der Waals surface area (Å²) in [4.78, 5) is 32.7. The molecule has 0 aromatic heterocycles. The molecule has 236 valence electrons. The summed E-state index contributed by atoms with van der Waals surface area (Å²) in [6.07, 6.45) is -0.476. The summed E-state index contributed by atoms with van der Waals surface area (Å²) in [6.45, 7) is 2.52. The molecule has 5 N–H and O–H groups in total. The molecule has 0 unspecified atom stereocenters. The van der Waals surface area contributed by atoms with E-state index in [2.05, 4.69) is 6.92 Å². The van der Waals surface area contributed by atoms with Crippen molar-refractivity contribution in [2.75, 3.05) is 19.6 Å². The van der Waals surface area contributed by atoms with E-state index in [9.17, 15) is 29.7 Å². The van der Waals surface area contributed by atoms with E-state index < -0.39 is 23.3 Å². The Labute approximate surface area is 261 Å². The Balaban J connectivity index is 0.000000246. The third-order valence-corrected chi connectivity index (χ3v) is 7.89. The summed E-state index contributed by atoms with van der Waals surface area (Å²) in [5.74, 6) is -2.61. The van der Waals surface area contributed by atoms with E-state index in [1.807, 2.05) is 36.4 Å². The standard InChI is InChI=1S/C20H18O3.C15H19NO6/c1-20(14-2-8-17(21)9-3-14,15-4-10-18(22)11-5-15)16-6-12-19(23)13-7-16;17-13(18)6-9-16(10-7-14(19)20,11-8-15(21)22)12-4-2-1-3-5-12/h2-13,21-23H,1H3;1-5H,6-11H2,(H2-,17,18,19,20,21,22). The molecule has 0 aliphatic heterocycles. The van der Waals surface area contributed by atoms with E-state index in [0.29, 0.717) is 0 Å². The maximum absolute atomic E-state index is 11.4. The zero-order valence-corrected chi connectivity index (χ0v) is 24.9. The third kappa shape index (κ3) is 9.32. The number of phenols is 2. The van der Waals surface area contributed by atoms with Gasteiger partial charge in [-0.2, -0.15) is 0 Å². The first kappa shape index (κ1) is 34.1. The molecule has 4 rings (SSSR count). The first-order chi connectivity index (χ1) is 21.4. The first-order valence-electron chi connectivity index (χ1n) is 14.3. The Kier molecular flexibility index (Phi) is 11.7. The Hall–Kier alpha value is -5.35. The number of nitrogens with zero attached hydrogens (tertiary/aromatic N) is 1. The molecule has 0 atom stereocenters. The van der Waals surface area contributed by atoms with Gasteiger partial charge in [-0.25, -0.2) is 0 Å². The minimum absolute atomic E-state index is 0.0335. The van der Waals surface area contributed by atoms with Crippen molar-refractivity contribution in [1.82, 2.24) is 4.48 Å². The molecule has 0 aliphatic rings. The van der Waals surface area contributed by atoms with Gasteiger partial charge in [0.1, 0.15) is 17.2 Å². The molecule has 45 heavy (non-hydrogen) atoms. The Bertz CT molecular complexity index is 1400. The predicted molar refractivity (Wildman–Crippen MR) is 167 cm³/mol. The first-order valence-corrected chi connectivity index (χ1v) is 14.3. The second-order valence-corrected chi connectivity index (χ2v) is 10.8. The quantitative estimate of drug-likeness (QED) is 0.103. The molecule has 0 aliphatic carbocycles. The maximum atomic E-state index is 11.4. The average Bonchev–Trinajstić information content (AvgIpc) is 3.02. The Morgan fingerprint density at radius 2 is 0.911 bits per heavy atom. The van der Waals surface area contributed by atoms with Crippen LogP contribution < -0.4 is 9.59 Å². The van der Waals surface area contributed by atoms with Gasteiger partial charge in [0, 0.05) is 5.41 Å². The summed E-state index contributed by atoms with van der Waals surface area (Å²) in [6, 6.07) is 29.7. The number of hydrogen-bond donors (Lipinski definition) is 5. The van der Waals surface area contributed by atoms with Crippen LogP contribution in [0.4, 0.5) is 5.69 Å². The molecule has 4 aromatic rings. The van der Waals surface area contributed by atoms with Crippen LogP contribution in [-0.2, 0) is 19.8 Å². The number of para-hydroxylation sites is 1. The monoisotopic (exact) mass is 615 g/mol. The Morgan fingerprint density at radius 1 is 0.578 bits per heavy atom. The van der Waals surface area contributed by atoms with Crippen LogP contribution >= 0.6 is 0 Å². The number of aromatic hydroxyl groups is 2. The molecular weight excluding hydrogens is 578 g/mol. The summed E-state index contributed by atoms with van der Waals surface area (Å²) in [5.41, 5.74) is 3.16. The highest BCUT2D eigenvalue weighted by Gasteiger charge is 2.33. The minimum atomic E-state index is -0.996. The number of carboxylic acids is 3. The molecule has 0 saturated heterocycles. The van der Waals surface area contributed by atoms with Gasteiger partial charge in [0.05, 0.1) is 38.9 Å². The number of carbonyl (C=O) groups is 3. The smallest absolute Gasteiger partial charge is 0.309 e. The van der Waals surface area contributed by atoms with Crippen molar-refractivity contribution in [3.8, 4) is 17.2 Å². The lowest BCUT2D eigenvalue weighted by Gasteiger charge is -2.37. The molecule has 0 heterocycles. The van der Waals surface area contributed by atoms with Gasteiger partial charge in [0.15, 0.2) is 0 Å². The van der Waals surface area contributed by atoms with Crippen molar-refractivity contribution < 1.29 is 45.0 Å². The molecule has 0 amide bonds. The van der Waals surface area contributed by atoms with Crippen molar-refractivity contribution in [2.45, 2.75) is 31.6 Å². The Morgan fingerprint density at radius 3 is 1.24 bits per heavy atom. The van der Waals surface area contributed by atoms with Crippen molar-refractivity contribution >= 4 is 23.6 Å². The molecule has 0 fully saturated rings. The normalized spacial score (nSPS) is 11.2. The number of aliphatic carboxylic acids is 3. The predicted octanol–water partition coefficient (Wildman–Crippen LogP) is 4.94. The lowest BCUT2D eigenvalue weighted by Crippen LogP contribution is -2.53. The van der Waals surface area contributed by atoms with E-state index in [4.69, 9.17) is 15.3 Å². The third-order valence-electron chi connectivity index (χ3n) is 7.89. The molecule has 10 nitrogen and oxygen atoms in total. The van der Waals surface area contributed by atoms with Crippen molar-refractivity contribution in [1.29, 1.82) is 0 Å². The SMILES string of the molecule is CC(c1ccc([O-])cc1)(c1ccc(O)cc1)c1ccc(O)cc1.O=C(O)CC[N+](CCC(=O)O)(CCC(=O)O)c1ccccc1. The lowest BCUT2D eigenvalue weighted by molar-refractivity contribution is -0.268. The van der Waals surface area contributed by atoms with Crippen LogP contribution in [0.25, 0.3) is 0 Å². The lowest BCUT2D eigenvalue weighted by atomic mass is 9.71. The fourth-order valence-electron chi connectivity index (χ4n) is 5.27. The van der Waals surface area contributed by atoms with E-state index >= 15 is 0 Å². The summed E-state index contributed by atoms with van der Waals surface area (Å²) in [5, 5.41) is 57.4. The molecule has 0 saturated carbocycles. The van der Waals surface area contributed by atoms with Crippen molar-refractivity contribution in [3.05, 3.63) is 120 Å². The number of phenolic OH excluding ortho intramolecular Hbond substituents is 2. The molecule has 0 radical (unpaired) electrons. The highest BCUT2D eigenvalue weighted by atomic mass is 16.4. The molecular formula is C35H37NO9. The maximum Gasteiger partial charge on any atom is 0.309 e. The van der Waals surface area contributed by atoms with Crippen molar-refractivity contribution in [3.63, 3.8) is 0 Å². The van der Waals surface area contributed by atoms with Crippen LogP contribution in [0, 0.1) is 0 Å². The number of carboxylic acid groups (broad SMARTS) is 3. The van der Waals surface area contributed by atoms with Crippen LogP contribution in [0.3, 0.4) is 0 Å².